The van der Waals surface area contributed by atoms with Crippen molar-refractivity contribution in [1.82, 2.24) is 4.98 Å². The number of alkyl halides is 3. The molecule has 0 atom stereocenters. The van der Waals surface area contributed by atoms with Crippen molar-refractivity contribution in [3.05, 3.63) is 59.7 Å². The van der Waals surface area contributed by atoms with Crippen molar-refractivity contribution in [2.24, 2.45) is 5.10 Å². The van der Waals surface area contributed by atoms with Gasteiger partial charge in [-0.05, 0) is 36.8 Å². The van der Waals surface area contributed by atoms with E-state index >= 15 is 0 Å². The zero-order chi connectivity index (χ0) is 16.4. The summed E-state index contributed by atoms with van der Waals surface area (Å²) in [6.07, 6.45) is -4.36. The lowest BCUT2D eigenvalue weighted by Crippen LogP contribution is -2.07. The molecule has 1 N–H and O–H groups in total. The molecule has 3 rings (SSSR count). The van der Waals surface area contributed by atoms with Crippen LogP contribution in [0.1, 0.15) is 18.1 Å². The summed E-state index contributed by atoms with van der Waals surface area (Å²) in [7, 11) is 0. The Kier molecular flexibility index (Phi) is 4.04. The number of anilines is 1. The van der Waals surface area contributed by atoms with Crippen LogP contribution in [0.2, 0.25) is 0 Å². The Morgan fingerprint density at radius 2 is 1.91 bits per heavy atom. The Morgan fingerprint density at radius 1 is 1.13 bits per heavy atom. The minimum Gasteiger partial charge on any atom is -0.252 e. The summed E-state index contributed by atoms with van der Waals surface area (Å²) in [6.45, 7) is 1.65. The third-order valence-electron chi connectivity index (χ3n) is 3.22. The van der Waals surface area contributed by atoms with Crippen LogP contribution in [-0.2, 0) is 6.18 Å². The fraction of sp³-hybridized carbons (Fsp3) is 0.125. The van der Waals surface area contributed by atoms with E-state index in [1.165, 1.54) is 17.4 Å². The molecule has 0 bridgehead atoms. The summed E-state index contributed by atoms with van der Waals surface area (Å²) in [5, 5.41) is 4.73. The fourth-order valence-corrected chi connectivity index (χ4v) is 2.85. The zero-order valence-electron chi connectivity index (χ0n) is 12.1. The van der Waals surface area contributed by atoms with Gasteiger partial charge in [0.05, 0.1) is 21.5 Å². The topological polar surface area (TPSA) is 37.3 Å². The molecule has 0 aliphatic rings. The number of para-hydroxylation sites is 1. The van der Waals surface area contributed by atoms with Crippen molar-refractivity contribution in [2.75, 3.05) is 5.43 Å². The molecule has 0 saturated carbocycles. The minimum absolute atomic E-state index is 0.411. The van der Waals surface area contributed by atoms with Crippen molar-refractivity contribution in [1.29, 1.82) is 0 Å². The van der Waals surface area contributed by atoms with Crippen LogP contribution in [0.15, 0.2) is 53.6 Å². The molecule has 0 radical (unpaired) electrons. The number of nitrogens with zero attached hydrogens (tertiary/aromatic N) is 2. The number of halogens is 3. The first kappa shape index (κ1) is 15.5. The van der Waals surface area contributed by atoms with E-state index < -0.39 is 11.7 Å². The van der Waals surface area contributed by atoms with Gasteiger partial charge in [0.2, 0.25) is 5.13 Å². The van der Waals surface area contributed by atoms with Crippen LogP contribution in [0.25, 0.3) is 10.2 Å². The molecule has 3 aromatic rings. The number of rotatable bonds is 3. The van der Waals surface area contributed by atoms with Gasteiger partial charge in [-0.15, -0.1) is 0 Å². The first-order chi connectivity index (χ1) is 10.9. The van der Waals surface area contributed by atoms with Gasteiger partial charge >= 0.3 is 6.18 Å². The number of nitrogens with one attached hydrogen (secondary N) is 1. The lowest BCUT2D eigenvalue weighted by molar-refractivity contribution is -0.137. The van der Waals surface area contributed by atoms with Crippen LogP contribution in [0.5, 0.6) is 0 Å². The highest BCUT2D eigenvalue weighted by atomic mass is 32.1. The smallest absolute Gasteiger partial charge is 0.252 e. The molecule has 1 heterocycles. The van der Waals surface area contributed by atoms with Crippen LogP contribution < -0.4 is 5.43 Å². The summed E-state index contributed by atoms with van der Waals surface area (Å²) in [5.74, 6) is 0. The Morgan fingerprint density at radius 3 is 2.65 bits per heavy atom. The Bertz CT molecular complexity index is 835. The summed E-state index contributed by atoms with van der Waals surface area (Å²) < 4.78 is 39.2. The number of thiazole rings is 1. The van der Waals surface area contributed by atoms with E-state index in [9.17, 15) is 13.2 Å². The first-order valence-corrected chi connectivity index (χ1v) is 7.58. The maximum atomic E-state index is 12.7. The Labute approximate surface area is 134 Å². The van der Waals surface area contributed by atoms with Gasteiger partial charge in [-0.25, -0.2) is 4.98 Å². The van der Waals surface area contributed by atoms with E-state index in [1.807, 2.05) is 24.3 Å². The molecule has 7 heteroatoms. The summed E-state index contributed by atoms with van der Waals surface area (Å²) in [5.41, 5.74) is 3.83. The predicted octanol–water partition coefficient (Wildman–Crippen LogP) is 5.15. The van der Waals surface area contributed by atoms with Gasteiger partial charge in [-0.2, -0.15) is 18.3 Å². The van der Waals surface area contributed by atoms with Crippen LogP contribution in [0.3, 0.4) is 0 Å². The average molecular weight is 335 g/mol. The lowest BCUT2D eigenvalue weighted by Gasteiger charge is -2.08. The van der Waals surface area contributed by atoms with Crippen molar-refractivity contribution < 1.29 is 13.2 Å². The monoisotopic (exact) mass is 335 g/mol. The second-order valence-electron chi connectivity index (χ2n) is 4.87. The van der Waals surface area contributed by atoms with E-state index in [0.717, 1.165) is 22.3 Å². The quantitative estimate of drug-likeness (QED) is 0.531. The molecule has 0 spiro atoms. The second-order valence-corrected chi connectivity index (χ2v) is 5.90. The van der Waals surface area contributed by atoms with Gasteiger partial charge in [-0.3, -0.25) is 5.43 Å². The molecule has 1 aromatic heterocycles. The summed E-state index contributed by atoms with van der Waals surface area (Å²) in [6, 6.07) is 12.7. The molecule has 3 nitrogen and oxygen atoms in total. The van der Waals surface area contributed by atoms with Crippen molar-refractivity contribution in [2.45, 2.75) is 13.1 Å². The number of hydrogen-bond donors (Lipinski definition) is 1. The van der Waals surface area contributed by atoms with E-state index in [-0.39, 0.29) is 0 Å². The molecule has 23 heavy (non-hydrogen) atoms. The highest BCUT2D eigenvalue weighted by molar-refractivity contribution is 7.22. The molecular formula is C16H12F3N3S. The highest BCUT2D eigenvalue weighted by Gasteiger charge is 2.30. The number of benzene rings is 2. The number of hydrogen-bond acceptors (Lipinski definition) is 4. The van der Waals surface area contributed by atoms with Crippen molar-refractivity contribution >= 4 is 32.4 Å². The highest BCUT2D eigenvalue weighted by Crippen LogP contribution is 2.30. The molecule has 0 unspecified atom stereocenters. The Hall–Kier alpha value is -2.41. The normalized spacial score (nSPS) is 12.6. The first-order valence-electron chi connectivity index (χ1n) is 6.77. The molecule has 0 amide bonds. The van der Waals surface area contributed by atoms with Crippen LogP contribution in [0.4, 0.5) is 18.3 Å². The number of aromatic nitrogens is 1. The SMILES string of the molecule is CC(=NNc1nc2ccccc2s1)c1cccc(C(F)(F)F)c1. The van der Waals surface area contributed by atoms with Crippen LogP contribution >= 0.6 is 11.3 Å². The maximum Gasteiger partial charge on any atom is 0.416 e. The van der Waals surface area contributed by atoms with Crippen molar-refractivity contribution in [3.63, 3.8) is 0 Å². The number of hydrazone groups is 1. The number of fused-ring (bicyclic) bond motifs is 1. The van der Waals surface area contributed by atoms with Gasteiger partial charge in [0, 0.05) is 0 Å². The maximum absolute atomic E-state index is 12.7. The molecule has 2 aromatic carbocycles. The van der Waals surface area contributed by atoms with E-state index in [2.05, 4.69) is 15.5 Å². The van der Waals surface area contributed by atoms with Crippen molar-refractivity contribution in [3.8, 4) is 0 Å². The van der Waals surface area contributed by atoms with Gasteiger partial charge in [-0.1, -0.05) is 35.6 Å². The second kappa shape index (κ2) is 6.00. The molecule has 118 valence electrons. The van der Waals surface area contributed by atoms with Crippen LogP contribution in [-0.4, -0.2) is 10.7 Å². The lowest BCUT2D eigenvalue weighted by atomic mass is 10.1. The van der Waals surface area contributed by atoms with Gasteiger partial charge in [0.25, 0.3) is 0 Å². The average Bonchev–Trinajstić information content (AvgIpc) is 2.95. The summed E-state index contributed by atoms with van der Waals surface area (Å²) >= 11 is 1.43. The third-order valence-corrected chi connectivity index (χ3v) is 4.16. The Balaban J connectivity index is 1.82. The fourth-order valence-electron chi connectivity index (χ4n) is 2.04. The minimum atomic E-state index is -4.36. The van der Waals surface area contributed by atoms with Crippen LogP contribution in [0, 0.1) is 0 Å². The molecule has 0 aliphatic heterocycles. The largest absolute Gasteiger partial charge is 0.416 e. The molecule has 0 saturated heterocycles. The van der Waals surface area contributed by atoms with E-state index in [1.54, 1.807) is 13.0 Å². The molecule has 0 fully saturated rings. The van der Waals surface area contributed by atoms with E-state index in [0.29, 0.717) is 16.4 Å². The third kappa shape index (κ3) is 3.50. The van der Waals surface area contributed by atoms with E-state index in [4.69, 9.17) is 0 Å². The van der Waals surface area contributed by atoms with Gasteiger partial charge in [0.15, 0.2) is 0 Å². The predicted molar refractivity (Wildman–Crippen MR) is 86.9 cm³/mol. The molecule has 0 aliphatic carbocycles. The van der Waals surface area contributed by atoms with Gasteiger partial charge < -0.3 is 0 Å². The van der Waals surface area contributed by atoms with Gasteiger partial charge in [0.1, 0.15) is 0 Å². The standard InChI is InChI=1S/C16H12F3N3S/c1-10(11-5-4-6-12(9-11)16(17,18)19)21-22-15-20-13-7-2-3-8-14(13)23-15/h2-9H,1H3,(H,20,22). The zero-order valence-corrected chi connectivity index (χ0v) is 12.9. The summed E-state index contributed by atoms with van der Waals surface area (Å²) in [4.78, 5) is 4.36. The molecular weight excluding hydrogens is 323 g/mol.